The van der Waals surface area contributed by atoms with Crippen molar-refractivity contribution < 1.29 is 13.5 Å². The highest BCUT2D eigenvalue weighted by atomic mass is 19.2. The largest absolute Gasteiger partial charge is 0.490 e. The molecule has 0 aliphatic heterocycles. The van der Waals surface area contributed by atoms with Crippen LogP contribution in [0.15, 0.2) is 30.4 Å². The first-order valence-corrected chi connectivity index (χ1v) is 15.0. The molecule has 4 rings (SSSR count). The van der Waals surface area contributed by atoms with Gasteiger partial charge in [-0.3, -0.25) is 0 Å². The van der Waals surface area contributed by atoms with Crippen molar-refractivity contribution in [2.45, 2.75) is 110 Å². The lowest BCUT2D eigenvalue weighted by atomic mass is 9.65. The summed E-state index contributed by atoms with van der Waals surface area (Å²) in [6, 6.07) is 3.32. The standard InChI is InChI=1S/C33H48F2O/c1-3-5-7-8-24-9-11-25(12-10-24)26-13-15-27(16-14-26)28-17-19-29(20-18-28)30-21-22-31(33(35)32(30)34)36-23-6-4-2/h3,5,19,21-22,24-28H,4,6-18,20,23H2,1-2H3. The van der Waals surface area contributed by atoms with Crippen LogP contribution in [0.1, 0.15) is 116 Å². The minimum atomic E-state index is -0.836. The maximum absolute atomic E-state index is 14.8. The Labute approximate surface area is 218 Å². The fraction of sp³-hybridized carbons (Fsp3) is 0.697. The van der Waals surface area contributed by atoms with Crippen molar-refractivity contribution in [1.29, 1.82) is 0 Å². The van der Waals surface area contributed by atoms with E-state index in [0.717, 1.165) is 61.3 Å². The summed E-state index contributed by atoms with van der Waals surface area (Å²) in [6.07, 6.45) is 25.5. The van der Waals surface area contributed by atoms with Gasteiger partial charge in [0.2, 0.25) is 5.82 Å². The van der Waals surface area contributed by atoms with E-state index in [-0.39, 0.29) is 5.75 Å². The summed E-state index contributed by atoms with van der Waals surface area (Å²) in [7, 11) is 0. The molecule has 0 amide bonds. The van der Waals surface area contributed by atoms with Crippen LogP contribution < -0.4 is 4.74 Å². The molecule has 3 aliphatic rings. The van der Waals surface area contributed by atoms with Gasteiger partial charge in [0, 0.05) is 5.56 Å². The second kappa shape index (κ2) is 13.8. The normalized spacial score (nSPS) is 29.3. The van der Waals surface area contributed by atoms with E-state index in [0.29, 0.717) is 18.1 Å². The molecule has 1 unspecified atom stereocenters. The number of rotatable bonds is 10. The zero-order chi connectivity index (χ0) is 25.3. The number of ether oxygens (including phenoxy) is 1. The van der Waals surface area contributed by atoms with Crippen molar-refractivity contribution in [1.82, 2.24) is 0 Å². The lowest BCUT2D eigenvalue weighted by Gasteiger charge is -2.40. The molecule has 2 saturated carbocycles. The van der Waals surface area contributed by atoms with Gasteiger partial charge < -0.3 is 4.74 Å². The van der Waals surface area contributed by atoms with Gasteiger partial charge in [-0.1, -0.05) is 44.4 Å². The van der Waals surface area contributed by atoms with Gasteiger partial charge in [0.15, 0.2) is 11.6 Å². The van der Waals surface area contributed by atoms with E-state index >= 15 is 0 Å². The Balaban J connectivity index is 1.23. The summed E-state index contributed by atoms with van der Waals surface area (Å²) in [5, 5.41) is 0. The number of allylic oxidation sites excluding steroid dienone is 4. The molecule has 0 heterocycles. The van der Waals surface area contributed by atoms with Crippen LogP contribution in [0.2, 0.25) is 0 Å². The first-order valence-electron chi connectivity index (χ1n) is 15.0. The van der Waals surface area contributed by atoms with Crippen molar-refractivity contribution in [3.63, 3.8) is 0 Å². The maximum atomic E-state index is 14.8. The van der Waals surface area contributed by atoms with Crippen LogP contribution in [0.5, 0.6) is 5.75 Å². The molecule has 36 heavy (non-hydrogen) atoms. The molecule has 2 fully saturated rings. The third kappa shape index (κ3) is 7.01. The molecule has 3 aliphatic carbocycles. The Morgan fingerprint density at radius 3 is 2.14 bits per heavy atom. The van der Waals surface area contributed by atoms with E-state index in [4.69, 9.17) is 4.74 Å². The molecule has 1 aromatic carbocycles. The Kier molecular flexibility index (Phi) is 10.5. The summed E-state index contributed by atoms with van der Waals surface area (Å²) in [5.41, 5.74) is 1.40. The van der Waals surface area contributed by atoms with Gasteiger partial charge in [0.1, 0.15) is 0 Å². The number of benzene rings is 1. The monoisotopic (exact) mass is 498 g/mol. The van der Waals surface area contributed by atoms with Gasteiger partial charge >= 0.3 is 0 Å². The van der Waals surface area contributed by atoms with E-state index in [9.17, 15) is 8.78 Å². The van der Waals surface area contributed by atoms with Gasteiger partial charge in [-0.05, 0) is 131 Å². The van der Waals surface area contributed by atoms with Crippen LogP contribution in [-0.4, -0.2) is 6.61 Å². The zero-order valence-electron chi connectivity index (χ0n) is 22.8. The maximum Gasteiger partial charge on any atom is 0.201 e. The van der Waals surface area contributed by atoms with Crippen LogP contribution in [0.25, 0.3) is 5.57 Å². The van der Waals surface area contributed by atoms with Gasteiger partial charge in [-0.15, -0.1) is 0 Å². The molecule has 0 aromatic heterocycles. The lowest BCUT2D eigenvalue weighted by Crippen LogP contribution is -2.28. The van der Waals surface area contributed by atoms with Crippen molar-refractivity contribution in [2.24, 2.45) is 29.6 Å². The molecule has 0 radical (unpaired) electrons. The second-order valence-electron chi connectivity index (χ2n) is 11.8. The molecule has 1 nitrogen and oxygen atoms in total. The highest BCUT2D eigenvalue weighted by Crippen LogP contribution is 2.46. The van der Waals surface area contributed by atoms with Crippen LogP contribution in [0.3, 0.4) is 0 Å². The van der Waals surface area contributed by atoms with Crippen LogP contribution >= 0.6 is 0 Å². The third-order valence-corrected chi connectivity index (χ3v) is 9.62. The third-order valence-electron chi connectivity index (χ3n) is 9.62. The zero-order valence-corrected chi connectivity index (χ0v) is 22.8. The first kappa shape index (κ1) is 27.4. The molecule has 0 spiro atoms. The lowest BCUT2D eigenvalue weighted by molar-refractivity contribution is 0.121. The van der Waals surface area contributed by atoms with E-state index < -0.39 is 11.6 Å². The first-order chi connectivity index (χ1) is 17.6. The summed E-state index contributed by atoms with van der Waals surface area (Å²) in [6.45, 7) is 4.61. The molecule has 3 heteroatoms. The number of halogens is 2. The van der Waals surface area contributed by atoms with Gasteiger partial charge in [-0.2, -0.15) is 4.39 Å². The van der Waals surface area contributed by atoms with Gasteiger partial charge in [0.05, 0.1) is 6.61 Å². The highest BCUT2D eigenvalue weighted by Gasteiger charge is 2.34. The number of unbranched alkanes of at least 4 members (excludes halogenated alkanes) is 1. The summed E-state index contributed by atoms with van der Waals surface area (Å²) >= 11 is 0. The van der Waals surface area contributed by atoms with Gasteiger partial charge in [0.25, 0.3) is 0 Å². The smallest absolute Gasteiger partial charge is 0.201 e. The molecular weight excluding hydrogens is 450 g/mol. The molecule has 1 aromatic rings. The summed E-state index contributed by atoms with van der Waals surface area (Å²) in [4.78, 5) is 0. The molecule has 0 saturated heterocycles. The fourth-order valence-electron chi connectivity index (χ4n) is 7.28. The molecule has 1 atom stereocenters. The van der Waals surface area contributed by atoms with Crippen molar-refractivity contribution in [3.8, 4) is 5.75 Å². The van der Waals surface area contributed by atoms with Crippen molar-refractivity contribution >= 4 is 5.57 Å². The van der Waals surface area contributed by atoms with Crippen molar-refractivity contribution in [3.05, 3.63) is 47.6 Å². The van der Waals surface area contributed by atoms with Crippen LogP contribution in [-0.2, 0) is 0 Å². The Bertz CT molecular complexity index is 872. The predicted molar refractivity (Wildman–Crippen MR) is 147 cm³/mol. The van der Waals surface area contributed by atoms with Crippen LogP contribution in [0.4, 0.5) is 8.78 Å². The van der Waals surface area contributed by atoms with E-state index in [1.165, 1.54) is 64.2 Å². The Morgan fingerprint density at radius 1 is 0.861 bits per heavy atom. The predicted octanol–water partition coefficient (Wildman–Crippen LogP) is 10.3. The fourth-order valence-corrected chi connectivity index (χ4v) is 7.28. The minimum absolute atomic E-state index is 0.0397. The van der Waals surface area contributed by atoms with Crippen molar-refractivity contribution in [2.75, 3.05) is 6.61 Å². The van der Waals surface area contributed by atoms with E-state index in [2.05, 4.69) is 32.1 Å². The number of hydrogen-bond acceptors (Lipinski definition) is 1. The SMILES string of the molecule is CC=CCCC1CCC(C2CCC(C3CC=C(c4ccc(OCCCC)c(F)c4F)CC3)CC2)CC1. The number of hydrogen-bond donors (Lipinski definition) is 0. The molecule has 0 N–H and O–H groups in total. The van der Waals surface area contributed by atoms with E-state index in [1.54, 1.807) is 12.1 Å². The summed E-state index contributed by atoms with van der Waals surface area (Å²) < 4.78 is 34.8. The quantitative estimate of drug-likeness (QED) is 0.230. The average Bonchev–Trinajstić information content (AvgIpc) is 2.92. The highest BCUT2D eigenvalue weighted by molar-refractivity contribution is 5.67. The molecule has 200 valence electrons. The minimum Gasteiger partial charge on any atom is -0.490 e. The molecule has 0 bridgehead atoms. The average molecular weight is 499 g/mol. The van der Waals surface area contributed by atoms with E-state index in [1.807, 2.05) is 0 Å². The second-order valence-corrected chi connectivity index (χ2v) is 11.8. The van der Waals surface area contributed by atoms with Gasteiger partial charge in [-0.25, -0.2) is 4.39 Å². The topological polar surface area (TPSA) is 9.23 Å². The molecular formula is C33H48F2O. The van der Waals surface area contributed by atoms with Crippen LogP contribution in [0, 0.1) is 41.2 Å². The Hall–Kier alpha value is -1.64. The Morgan fingerprint density at radius 2 is 1.53 bits per heavy atom. The summed E-state index contributed by atoms with van der Waals surface area (Å²) in [5.74, 6) is 2.85.